The van der Waals surface area contributed by atoms with Gasteiger partial charge in [0, 0.05) is 32.0 Å². The Labute approximate surface area is 175 Å². The Hall–Kier alpha value is -1.91. The molecule has 0 spiro atoms. The number of aryl methyl sites for hydroxylation is 1. The zero-order valence-electron chi connectivity index (χ0n) is 15.3. The maximum absolute atomic E-state index is 12.2. The first-order chi connectivity index (χ1) is 12.7. The highest BCUT2D eigenvalue weighted by Crippen LogP contribution is 2.14. The van der Waals surface area contributed by atoms with Crippen molar-refractivity contribution in [2.75, 3.05) is 19.7 Å². The van der Waals surface area contributed by atoms with Gasteiger partial charge >= 0.3 is 0 Å². The number of rotatable bonds is 10. The molecular weight excluding hydrogens is 467 g/mol. The minimum Gasteiger partial charge on any atom is -0.488 e. The molecule has 9 heteroatoms. The fraction of sp³-hybridized carbons (Fsp3) is 0.444. The molecule has 27 heavy (non-hydrogen) atoms. The number of guanidine groups is 1. The molecule has 1 heterocycles. The van der Waals surface area contributed by atoms with E-state index in [9.17, 15) is 8.78 Å². The van der Waals surface area contributed by atoms with E-state index >= 15 is 0 Å². The van der Waals surface area contributed by atoms with E-state index in [1.54, 1.807) is 24.4 Å². The van der Waals surface area contributed by atoms with Crippen molar-refractivity contribution in [3.05, 3.63) is 48.3 Å². The van der Waals surface area contributed by atoms with Crippen LogP contribution in [0.15, 0.2) is 47.7 Å². The maximum Gasteiger partial charge on any atom is 0.272 e. The van der Waals surface area contributed by atoms with Crippen LogP contribution in [0.2, 0.25) is 0 Å². The van der Waals surface area contributed by atoms with Crippen molar-refractivity contribution < 1.29 is 13.5 Å². The van der Waals surface area contributed by atoms with Gasteiger partial charge in [0.25, 0.3) is 6.43 Å². The number of benzene rings is 1. The molecule has 0 unspecified atom stereocenters. The molecule has 150 valence electrons. The Morgan fingerprint density at radius 2 is 2.15 bits per heavy atom. The molecule has 2 rings (SSSR count). The molecule has 0 saturated carbocycles. The third kappa shape index (κ3) is 9.55. The largest absolute Gasteiger partial charge is 0.488 e. The first-order valence-corrected chi connectivity index (χ1v) is 8.67. The summed E-state index contributed by atoms with van der Waals surface area (Å²) in [7, 11) is 0. The van der Waals surface area contributed by atoms with Crippen molar-refractivity contribution in [3.8, 4) is 5.75 Å². The summed E-state index contributed by atoms with van der Waals surface area (Å²) in [4.78, 5) is 4.52. The summed E-state index contributed by atoms with van der Waals surface area (Å²) in [5.41, 5.74) is 0.894. The van der Waals surface area contributed by atoms with E-state index in [0.717, 1.165) is 31.6 Å². The van der Waals surface area contributed by atoms with Gasteiger partial charge in [-0.05, 0) is 37.1 Å². The quantitative estimate of drug-likeness (QED) is 0.231. The van der Waals surface area contributed by atoms with Gasteiger partial charge < -0.3 is 15.4 Å². The average molecular weight is 493 g/mol. The number of nitrogens with zero attached hydrogens (tertiary/aromatic N) is 3. The van der Waals surface area contributed by atoms with Crippen molar-refractivity contribution >= 4 is 29.9 Å². The highest BCUT2D eigenvalue weighted by molar-refractivity contribution is 14.0. The van der Waals surface area contributed by atoms with Crippen molar-refractivity contribution in [3.63, 3.8) is 0 Å². The second-order valence-corrected chi connectivity index (χ2v) is 5.59. The van der Waals surface area contributed by atoms with Crippen LogP contribution < -0.4 is 15.4 Å². The molecule has 1 aromatic carbocycles. The van der Waals surface area contributed by atoms with E-state index in [-0.39, 0.29) is 24.0 Å². The van der Waals surface area contributed by atoms with Crippen LogP contribution in [-0.2, 0) is 13.1 Å². The van der Waals surface area contributed by atoms with Crippen LogP contribution in [0.25, 0.3) is 0 Å². The molecular formula is C18H26F2IN5O. The van der Waals surface area contributed by atoms with E-state index in [4.69, 9.17) is 4.74 Å². The normalized spacial score (nSPS) is 11.2. The predicted molar refractivity (Wildman–Crippen MR) is 113 cm³/mol. The zero-order chi connectivity index (χ0) is 18.6. The molecule has 2 aromatic rings. The van der Waals surface area contributed by atoms with Gasteiger partial charge in [0.05, 0.1) is 6.54 Å². The van der Waals surface area contributed by atoms with Crippen LogP contribution in [0.5, 0.6) is 5.75 Å². The van der Waals surface area contributed by atoms with Crippen LogP contribution >= 0.6 is 24.0 Å². The van der Waals surface area contributed by atoms with Gasteiger partial charge in [-0.25, -0.2) is 13.8 Å². The van der Waals surface area contributed by atoms with Crippen molar-refractivity contribution in [2.24, 2.45) is 4.99 Å². The summed E-state index contributed by atoms with van der Waals surface area (Å²) in [6, 6.07) is 8.95. The summed E-state index contributed by atoms with van der Waals surface area (Å²) in [6.07, 6.45) is 2.13. The molecule has 0 radical (unpaired) electrons. The highest BCUT2D eigenvalue weighted by atomic mass is 127. The summed E-state index contributed by atoms with van der Waals surface area (Å²) in [5.74, 6) is 1.14. The van der Waals surface area contributed by atoms with Crippen molar-refractivity contribution in [1.82, 2.24) is 20.4 Å². The fourth-order valence-corrected chi connectivity index (χ4v) is 2.29. The van der Waals surface area contributed by atoms with E-state index < -0.39 is 13.0 Å². The standard InChI is InChI=1S/C18H25F2N5O.HI/c1-2-21-18(22-8-4-10-25-11-5-9-24-25)23-13-15-6-3-7-16(12-15)26-14-17(19)20;/h3,5-7,9,11-12,17H,2,4,8,10,13-14H2,1H3,(H2,21,22,23);1H. The summed E-state index contributed by atoms with van der Waals surface area (Å²) in [6.45, 7) is 4.18. The Morgan fingerprint density at radius 3 is 2.85 bits per heavy atom. The number of hydrogen-bond donors (Lipinski definition) is 2. The van der Waals surface area contributed by atoms with Gasteiger partial charge in [0.1, 0.15) is 12.4 Å². The van der Waals surface area contributed by atoms with Crippen LogP contribution in [0.1, 0.15) is 18.9 Å². The molecule has 2 N–H and O–H groups in total. The second kappa shape index (κ2) is 13.3. The monoisotopic (exact) mass is 493 g/mol. The lowest BCUT2D eigenvalue weighted by atomic mass is 10.2. The average Bonchev–Trinajstić information content (AvgIpc) is 3.15. The Kier molecular flexibility index (Phi) is 11.4. The van der Waals surface area contributed by atoms with E-state index in [1.807, 2.05) is 29.9 Å². The van der Waals surface area contributed by atoms with Crippen LogP contribution in [-0.4, -0.2) is 41.9 Å². The van der Waals surface area contributed by atoms with Gasteiger partial charge in [-0.3, -0.25) is 4.68 Å². The second-order valence-electron chi connectivity index (χ2n) is 5.59. The first-order valence-electron chi connectivity index (χ1n) is 8.67. The first kappa shape index (κ1) is 23.1. The Morgan fingerprint density at radius 1 is 1.30 bits per heavy atom. The third-order valence-corrected chi connectivity index (χ3v) is 3.45. The lowest BCUT2D eigenvalue weighted by molar-refractivity contribution is 0.0818. The third-order valence-electron chi connectivity index (χ3n) is 3.45. The fourth-order valence-electron chi connectivity index (χ4n) is 2.29. The molecule has 0 saturated heterocycles. The SMILES string of the molecule is CCNC(=NCc1cccc(OCC(F)F)c1)NCCCn1cccn1.I. The number of halogens is 3. The van der Waals surface area contributed by atoms with E-state index in [0.29, 0.717) is 18.3 Å². The van der Waals surface area contributed by atoms with Crippen LogP contribution in [0.4, 0.5) is 8.78 Å². The predicted octanol–water partition coefficient (Wildman–Crippen LogP) is 3.29. The molecule has 0 atom stereocenters. The van der Waals surface area contributed by atoms with Gasteiger partial charge in [-0.2, -0.15) is 5.10 Å². The van der Waals surface area contributed by atoms with E-state index in [1.165, 1.54) is 0 Å². The lowest BCUT2D eigenvalue weighted by Gasteiger charge is -2.12. The minimum atomic E-state index is -2.48. The number of nitrogens with one attached hydrogen (secondary N) is 2. The summed E-state index contributed by atoms with van der Waals surface area (Å²) < 4.78 is 31.4. The summed E-state index contributed by atoms with van der Waals surface area (Å²) >= 11 is 0. The van der Waals surface area contributed by atoms with Gasteiger partial charge in [0.15, 0.2) is 5.96 Å². The molecule has 0 aliphatic carbocycles. The molecule has 0 fully saturated rings. The van der Waals surface area contributed by atoms with Crippen molar-refractivity contribution in [1.29, 1.82) is 0 Å². The smallest absolute Gasteiger partial charge is 0.272 e. The molecule has 0 bridgehead atoms. The van der Waals surface area contributed by atoms with Gasteiger partial charge in [-0.1, -0.05) is 12.1 Å². The highest BCUT2D eigenvalue weighted by Gasteiger charge is 2.04. The molecule has 0 amide bonds. The number of hydrogen-bond acceptors (Lipinski definition) is 3. The maximum atomic E-state index is 12.2. The van der Waals surface area contributed by atoms with Crippen LogP contribution in [0, 0.1) is 0 Å². The minimum absolute atomic E-state index is 0. The molecule has 0 aliphatic heterocycles. The number of aromatic nitrogens is 2. The molecule has 1 aromatic heterocycles. The topological polar surface area (TPSA) is 63.5 Å². The van der Waals surface area contributed by atoms with E-state index in [2.05, 4.69) is 20.7 Å². The van der Waals surface area contributed by atoms with Crippen molar-refractivity contribution in [2.45, 2.75) is 32.9 Å². The summed E-state index contributed by atoms with van der Waals surface area (Å²) in [5, 5.41) is 10.6. The zero-order valence-corrected chi connectivity index (χ0v) is 17.6. The van der Waals surface area contributed by atoms with Gasteiger partial charge in [-0.15, -0.1) is 24.0 Å². The number of ether oxygens (including phenoxy) is 1. The number of aliphatic imine (C=N–C) groups is 1. The molecule has 6 nitrogen and oxygen atoms in total. The number of alkyl halides is 2. The Bertz CT molecular complexity index is 668. The molecule has 0 aliphatic rings. The van der Waals surface area contributed by atoms with Crippen LogP contribution in [0.3, 0.4) is 0 Å². The Balaban J connectivity index is 0.00000364. The lowest BCUT2D eigenvalue weighted by Crippen LogP contribution is -2.38. The van der Waals surface area contributed by atoms with Gasteiger partial charge in [0.2, 0.25) is 0 Å².